The van der Waals surface area contributed by atoms with Crippen LogP contribution in [0.3, 0.4) is 0 Å². The van der Waals surface area contributed by atoms with Crippen molar-refractivity contribution >= 4 is 11.9 Å². The molecular formula is C19H25NO5. The zero-order chi connectivity index (χ0) is 17.8. The SMILES string of the molecule is CC1CCC(N(C)C(=O)COC(=O)[C@@H]2COc3ccccc3O2)CC1. The fourth-order valence-corrected chi connectivity index (χ4v) is 3.30. The van der Waals surface area contributed by atoms with Gasteiger partial charge in [0.2, 0.25) is 6.10 Å². The zero-order valence-electron chi connectivity index (χ0n) is 14.8. The summed E-state index contributed by atoms with van der Waals surface area (Å²) in [6.45, 7) is 2.06. The molecule has 25 heavy (non-hydrogen) atoms. The van der Waals surface area contributed by atoms with Gasteiger partial charge in [-0.05, 0) is 43.7 Å². The largest absolute Gasteiger partial charge is 0.485 e. The Labute approximate surface area is 148 Å². The smallest absolute Gasteiger partial charge is 0.351 e. The highest BCUT2D eigenvalue weighted by molar-refractivity contribution is 5.82. The van der Waals surface area contributed by atoms with Gasteiger partial charge in [0.05, 0.1) is 0 Å². The summed E-state index contributed by atoms with van der Waals surface area (Å²) in [5.41, 5.74) is 0. The van der Waals surface area contributed by atoms with Crippen molar-refractivity contribution in [1.29, 1.82) is 0 Å². The maximum absolute atomic E-state index is 12.3. The van der Waals surface area contributed by atoms with E-state index in [1.807, 2.05) is 6.07 Å². The van der Waals surface area contributed by atoms with Gasteiger partial charge in [-0.3, -0.25) is 4.79 Å². The molecule has 1 amide bonds. The van der Waals surface area contributed by atoms with E-state index in [1.54, 1.807) is 30.1 Å². The Morgan fingerprint density at radius 2 is 1.84 bits per heavy atom. The van der Waals surface area contributed by atoms with Crippen molar-refractivity contribution in [2.24, 2.45) is 5.92 Å². The minimum absolute atomic E-state index is 0.0837. The van der Waals surface area contributed by atoms with Crippen LogP contribution in [-0.4, -0.2) is 49.2 Å². The molecule has 2 aliphatic rings. The van der Waals surface area contributed by atoms with Gasteiger partial charge < -0.3 is 19.1 Å². The molecule has 0 spiro atoms. The molecule has 6 nitrogen and oxygen atoms in total. The molecular weight excluding hydrogens is 322 g/mol. The number of hydrogen-bond acceptors (Lipinski definition) is 5. The van der Waals surface area contributed by atoms with Crippen molar-refractivity contribution < 1.29 is 23.8 Å². The number of fused-ring (bicyclic) bond motifs is 1. The van der Waals surface area contributed by atoms with E-state index < -0.39 is 12.1 Å². The average molecular weight is 347 g/mol. The Balaban J connectivity index is 1.46. The molecule has 1 fully saturated rings. The Morgan fingerprint density at radius 3 is 2.56 bits per heavy atom. The average Bonchev–Trinajstić information content (AvgIpc) is 2.65. The van der Waals surface area contributed by atoms with Crippen molar-refractivity contribution in [3.8, 4) is 11.5 Å². The van der Waals surface area contributed by atoms with Crippen LogP contribution < -0.4 is 9.47 Å². The second-order valence-electron chi connectivity index (χ2n) is 6.89. The number of esters is 1. The summed E-state index contributed by atoms with van der Waals surface area (Å²) in [7, 11) is 1.79. The van der Waals surface area contributed by atoms with Gasteiger partial charge >= 0.3 is 5.97 Å². The molecule has 0 radical (unpaired) electrons. The number of benzene rings is 1. The van der Waals surface area contributed by atoms with Gasteiger partial charge in [0.15, 0.2) is 18.1 Å². The highest BCUT2D eigenvalue weighted by Crippen LogP contribution is 2.31. The summed E-state index contributed by atoms with van der Waals surface area (Å²) < 4.78 is 16.2. The van der Waals surface area contributed by atoms with Crippen LogP contribution >= 0.6 is 0 Å². The molecule has 0 saturated heterocycles. The van der Waals surface area contributed by atoms with E-state index in [2.05, 4.69) is 6.92 Å². The fourth-order valence-electron chi connectivity index (χ4n) is 3.30. The monoisotopic (exact) mass is 347 g/mol. The first kappa shape index (κ1) is 17.6. The highest BCUT2D eigenvalue weighted by Gasteiger charge is 2.30. The third-order valence-electron chi connectivity index (χ3n) is 5.04. The number of para-hydroxylation sites is 2. The molecule has 3 rings (SSSR count). The van der Waals surface area contributed by atoms with E-state index in [1.165, 1.54) is 0 Å². The van der Waals surface area contributed by atoms with E-state index in [-0.39, 0.29) is 25.2 Å². The van der Waals surface area contributed by atoms with Crippen LogP contribution in [0.15, 0.2) is 24.3 Å². The van der Waals surface area contributed by atoms with Crippen molar-refractivity contribution in [3.63, 3.8) is 0 Å². The van der Waals surface area contributed by atoms with E-state index in [4.69, 9.17) is 14.2 Å². The number of carbonyl (C=O) groups excluding carboxylic acids is 2. The van der Waals surface area contributed by atoms with Crippen LogP contribution in [0, 0.1) is 5.92 Å². The number of nitrogens with zero attached hydrogens (tertiary/aromatic N) is 1. The second-order valence-corrected chi connectivity index (χ2v) is 6.89. The van der Waals surface area contributed by atoms with Gasteiger partial charge in [0, 0.05) is 13.1 Å². The summed E-state index contributed by atoms with van der Waals surface area (Å²) in [4.78, 5) is 26.2. The van der Waals surface area contributed by atoms with Crippen LogP contribution in [0.1, 0.15) is 32.6 Å². The van der Waals surface area contributed by atoms with Crippen LogP contribution in [0.2, 0.25) is 0 Å². The van der Waals surface area contributed by atoms with Crippen molar-refractivity contribution in [2.75, 3.05) is 20.3 Å². The molecule has 1 aliphatic heterocycles. The van der Waals surface area contributed by atoms with Crippen LogP contribution in [0.25, 0.3) is 0 Å². The lowest BCUT2D eigenvalue weighted by Gasteiger charge is -2.33. The number of carbonyl (C=O) groups is 2. The van der Waals surface area contributed by atoms with Gasteiger partial charge in [0.1, 0.15) is 6.61 Å². The van der Waals surface area contributed by atoms with E-state index in [0.717, 1.165) is 31.6 Å². The molecule has 0 N–H and O–H groups in total. The van der Waals surface area contributed by atoms with Crippen LogP contribution in [0.4, 0.5) is 0 Å². The Hall–Kier alpha value is -2.24. The summed E-state index contributed by atoms with van der Waals surface area (Å²) >= 11 is 0. The van der Waals surface area contributed by atoms with E-state index >= 15 is 0 Å². The van der Waals surface area contributed by atoms with Crippen LogP contribution in [-0.2, 0) is 14.3 Å². The number of ether oxygens (including phenoxy) is 3. The quantitative estimate of drug-likeness (QED) is 0.783. The van der Waals surface area contributed by atoms with Gasteiger partial charge in [-0.1, -0.05) is 19.1 Å². The first-order chi connectivity index (χ1) is 12.0. The molecule has 0 bridgehead atoms. The van der Waals surface area contributed by atoms with Crippen molar-refractivity contribution in [3.05, 3.63) is 24.3 Å². The molecule has 136 valence electrons. The zero-order valence-corrected chi connectivity index (χ0v) is 14.8. The molecule has 1 heterocycles. The third-order valence-corrected chi connectivity index (χ3v) is 5.04. The fraction of sp³-hybridized carbons (Fsp3) is 0.579. The van der Waals surface area contributed by atoms with E-state index in [9.17, 15) is 9.59 Å². The van der Waals surface area contributed by atoms with Crippen molar-refractivity contribution in [2.45, 2.75) is 44.8 Å². The molecule has 1 atom stereocenters. The molecule has 1 aromatic rings. The maximum atomic E-state index is 12.3. The maximum Gasteiger partial charge on any atom is 0.351 e. The predicted molar refractivity (Wildman–Crippen MR) is 91.5 cm³/mol. The summed E-state index contributed by atoms with van der Waals surface area (Å²) in [5.74, 6) is 1.09. The lowest BCUT2D eigenvalue weighted by atomic mass is 9.87. The van der Waals surface area contributed by atoms with Crippen molar-refractivity contribution in [1.82, 2.24) is 4.90 Å². The number of likely N-dealkylation sites (N-methyl/N-ethyl adjacent to an activating group) is 1. The number of hydrogen-bond donors (Lipinski definition) is 0. The number of rotatable bonds is 4. The van der Waals surface area contributed by atoms with Crippen LogP contribution in [0.5, 0.6) is 11.5 Å². The molecule has 0 unspecified atom stereocenters. The summed E-state index contributed by atoms with van der Waals surface area (Å²) in [6.07, 6.45) is 3.44. The molecule has 1 aromatic carbocycles. The Bertz CT molecular complexity index is 624. The topological polar surface area (TPSA) is 65.1 Å². The molecule has 1 aliphatic carbocycles. The third kappa shape index (κ3) is 4.24. The van der Waals surface area contributed by atoms with E-state index in [0.29, 0.717) is 11.5 Å². The molecule has 0 aromatic heterocycles. The molecule has 1 saturated carbocycles. The summed E-state index contributed by atoms with van der Waals surface area (Å²) in [6, 6.07) is 7.39. The van der Waals surface area contributed by atoms with Gasteiger partial charge in [-0.2, -0.15) is 0 Å². The van der Waals surface area contributed by atoms with Gasteiger partial charge in [-0.15, -0.1) is 0 Å². The molecule has 6 heteroatoms. The Morgan fingerprint density at radius 1 is 1.16 bits per heavy atom. The first-order valence-electron chi connectivity index (χ1n) is 8.85. The predicted octanol–water partition coefficient (Wildman–Crippen LogP) is 2.41. The Kier molecular flexibility index (Phi) is 5.46. The minimum atomic E-state index is -0.844. The number of amides is 1. The second kappa shape index (κ2) is 7.76. The lowest BCUT2D eigenvalue weighted by Crippen LogP contribution is -2.43. The first-order valence-corrected chi connectivity index (χ1v) is 8.85. The minimum Gasteiger partial charge on any atom is -0.485 e. The summed E-state index contributed by atoms with van der Waals surface area (Å²) in [5, 5.41) is 0. The lowest BCUT2D eigenvalue weighted by molar-refractivity contribution is -0.160. The van der Waals surface area contributed by atoms with Gasteiger partial charge in [0.25, 0.3) is 5.91 Å². The standard InChI is InChI=1S/C19H25NO5/c1-13-7-9-14(10-8-13)20(2)18(21)12-24-19(22)17-11-23-15-5-3-4-6-16(15)25-17/h3-6,13-14,17H,7-12H2,1-2H3/t13?,14?,17-/m0/s1. The van der Waals surface area contributed by atoms with Gasteiger partial charge in [-0.25, -0.2) is 4.79 Å². The highest BCUT2D eigenvalue weighted by atomic mass is 16.6. The normalized spacial score (nSPS) is 25.1.